The lowest BCUT2D eigenvalue weighted by molar-refractivity contribution is 0.266. The fraction of sp³-hybridized carbons (Fsp3) is 0.471. The maximum Gasteiger partial charge on any atom is 0.123 e. The van der Waals surface area contributed by atoms with Crippen LogP contribution in [0.3, 0.4) is 0 Å². The van der Waals surface area contributed by atoms with Gasteiger partial charge < -0.3 is 4.57 Å². The highest BCUT2D eigenvalue weighted by atomic mass is 15.2. The van der Waals surface area contributed by atoms with E-state index in [1.807, 2.05) is 6.20 Å². The molecule has 1 aliphatic rings. The average Bonchev–Trinajstić information content (AvgIpc) is 2.74. The smallest absolute Gasteiger partial charge is 0.123 e. The lowest BCUT2D eigenvalue weighted by atomic mass is 10.2. The number of benzene rings is 1. The number of likely N-dealkylation sites (tertiary alicyclic amines) is 1. The fourth-order valence-electron chi connectivity index (χ4n) is 2.91. The SMILES string of the molecule is c1ccc(Cn2ccnc2CN2CCCCCC2)cc1. The van der Waals surface area contributed by atoms with Gasteiger partial charge >= 0.3 is 0 Å². The van der Waals surface area contributed by atoms with E-state index < -0.39 is 0 Å². The molecule has 0 unspecified atom stereocenters. The second kappa shape index (κ2) is 6.71. The summed E-state index contributed by atoms with van der Waals surface area (Å²) in [6.07, 6.45) is 9.46. The summed E-state index contributed by atoms with van der Waals surface area (Å²) in [7, 11) is 0. The summed E-state index contributed by atoms with van der Waals surface area (Å²) in [5.74, 6) is 1.19. The third kappa shape index (κ3) is 3.48. The Morgan fingerprint density at radius 2 is 1.65 bits per heavy atom. The Bertz CT molecular complexity index is 510. The highest BCUT2D eigenvalue weighted by Crippen LogP contribution is 2.13. The number of hydrogen-bond donors (Lipinski definition) is 0. The van der Waals surface area contributed by atoms with Crippen molar-refractivity contribution in [2.75, 3.05) is 13.1 Å². The second-order valence-electron chi connectivity index (χ2n) is 5.65. The van der Waals surface area contributed by atoms with Crippen molar-refractivity contribution in [2.24, 2.45) is 0 Å². The zero-order valence-corrected chi connectivity index (χ0v) is 12.0. The topological polar surface area (TPSA) is 21.1 Å². The molecule has 3 nitrogen and oxygen atoms in total. The molecule has 0 aliphatic carbocycles. The van der Waals surface area contributed by atoms with Crippen molar-refractivity contribution in [3.8, 4) is 0 Å². The molecule has 106 valence electrons. The molecule has 0 atom stereocenters. The Balaban J connectivity index is 1.67. The number of rotatable bonds is 4. The van der Waals surface area contributed by atoms with E-state index in [0.717, 1.165) is 13.1 Å². The monoisotopic (exact) mass is 269 g/mol. The van der Waals surface area contributed by atoms with Crippen molar-refractivity contribution < 1.29 is 0 Å². The molecule has 2 aromatic rings. The van der Waals surface area contributed by atoms with Crippen molar-refractivity contribution in [3.63, 3.8) is 0 Å². The van der Waals surface area contributed by atoms with Crippen molar-refractivity contribution in [1.29, 1.82) is 0 Å². The Kier molecular flexibility index (Phi) is 4.49. The first-order valence-electron chi connectivity index (χ1n) is 7.68. The van der Waals surface area contributed by atoms with E-state index in [1.54, 1.807) is 0 Å². The number of imidazole rings is 1. The summed E-state index contributed by atoms with van der Waals surface area (Å²) in [5.41, 5.74) is 1.34. The van der Waals surface area contributed by atoms with E-state index in [2.05, 4.69) is 51.0 Å². The van der Waals surface area contributed by atoms with Crippen molar-refractivity contribution in [3.05, 3.63) is 54.1 Å². The molecular formula is C17H23N3. The molecule has 1 aliphatic heterocycles. The number of hydrogen-bond acceptors (Lipinski definition) is 2. The molecule has 2 heterocycles. The Hall–Kier alpha value is -1.61. The van der Waals surface area contributed by atoms with Crippen molar-refractivity contribution >= 4 is 0 Å². The molecule has 1 aromatic heterocycles. The first-order chi connectivity index (χ1) is 9.92. The second-order valence-corrected chi connectivity index (χ2v) is 5.65. The third-order valence-corrected chi connectivity index (χ3v) is 4.06. The first-order valence-corrected chi connectivity index (χ1v) is 7.68. The highest BCUT2D eigenvalue weighted by Gasteiger charge is 2.12. The number of aromatic nitrogens is 2. The van der Waals surface area contributed by atoms with Crippen LogP contribution in [0.25, 0.3) is 0 Å². The average molecular weight is 269 g/mol. The molecule has 0 bridgehead atoms. The predicted octanol–water partition coefficient (Wildman–Crippen LogP) is 3.31. The maximum absolute atomic E-state index is 4.56. The number of nitrogens with zero attached hydrogens (tertiary/aromatic N) is 3. The van der Waals surface area contributed by atoms with Crippen LogP contribution in [-0.4, -0.2) is 27.5 Å². The van der Waals surface area contributed by atoms with Crippen molar-refractivity contribution in [1.82, 2.24) is 14.5 Å². The van der Waals surface area contributed by atoms with Crippen LogP contribution in [0, 0.1) is 0 Å². The summed E-state index contributed by atoms with van der Waals surface area (Å²) in [6.45, 7) is 4.35. The minimum atomic E-state index is 0.921. The molecule has 3 rings (SSSR count). The maximum atomic E-state index is 4.56. The van der Waals surface area contributed by atoms with E-state index in [-0.39, 0.29) is 0 Å². The lowest BCUT2D eigenvalue weighted by Gasteiger charge is -2.20. The van der Waals surface area contributed by atoms with Crippen LogP contribution in [-0.2, 0) is 13.1 Å². The standard InChI is InChI=1S/C17H23N3/c1-2-7-12-19(11-6-1)15-17-18-10-13-20(17)14-16-8-4-3-5-9-16/h3-5,8-10,13H,1-2,6-7,11-12,14-15H2. The molecule has 3 heteroatoms. The van der Waals surface area contributed by atoms with Crippen LogP contribution in [0.4, 0.5) is 0 Å². The van der Waals surface area contributed by atoms with Gasteiger partial charge in [0.05, 0.1) is 6.54 Å². The van der Waals surface area contributed by atoms with E-state index in [9.17, 15) is 0 Å². The van der Waals surface area contributed by atoms with Crippen LogP contribution in [0.2, 0.25) is 0 Å². The van der Waals surface area contributed by atoms with Gasteiger partial charge in [-0.3, -0.25) is 4.90 Å². The Labute approximate surface area is 121 Å². The normalized spacial score (nSPS) is 17.0. The van der Waals surface area contributed by atoms with Gasteiger partial charge in [0.2, 0.25) is 0 Å². The summed E-state index contributed by atoms with van der Waals surface area (Å²) in [4.78, 5) is 7.11. The van der Waals surface area contributed by atoms with E-state index in [0.29, 0.717) is 0 Å². The molecule has 0 saturated carbocycles. The molecule has 0 amide bonds. The quantitative estimate of drug-likeness (QED) is 0.849. The van der Waals surface area contributed by atoms with Gasteiger partial charge in [0.25, 0.3) is 0 Å². The van der Waals surface area contributed by atoms with Gasteiger partial charge in [-0.1, -0.05) is 43.2 Å². The molecule has 0 N–H and O–H groups in total. The van der Waals surface area contributed by atoms with Gasteiger partial charge in [0, 0.05) is 18.9 Å². The van der Waals surface area contributed by atoms with Crippen LogP contribution >= 0.6 is 0 Å². The van der Waals surface area contributed by atoms with Gasteiger partial charge in [-0.15, -0.1) is 0 Å². The van der Waals surface area contributed by atoms with Crippen LogP contribution in [0.1, 0.15) is 37.1 Å². The minimum absolute atomic E-state index is 0.921. The highest BCUT2D eigenvalue weighted by molar-refractivity contribution is 5.15. The fourth-order valence-corrected chi connectivity index (χ4v) is 2.91. The molecular weight excluding hydrogens is 246 g/mol. The zero-order valence-electron chi connectivity index (χ0n) is 12.0. The van der Waals surface area contributed by atoms with Crippen molar-refractivity contribution in [2.45, 2.75) is 38.8 Å². The first kappa shape index (κ1) is 13.4. The van der Waals surface area contributed by atoms with E-state index in [4.69, 9.17) is 0 Å². The summed E-state index contributed by atoms with van der Waals surface area (Å²) < 4.78 is 2.28. The van der Waals surface area contributed by atoms with Gasteiger partial charge in [-0.2, -0.15) is 0 Å². The Morgan fingerprint density at radius 1 is 0.900 bits per heavy atom. The molecule has 0 spiro atoms. The predicted molar refractivity (Wildman–Crippen MR) is 81.5 cm³/mol. The third-order valence-electron chi connectivity index (χ3n) is 4.06. The molecule has 1 saturated heterocycles. The van der Waals surface area contributed by atoms with E-state index in [1.165, 1.54) is 50.2 Å². The van der Waals surface area contributed by atoms with Gasteiger partial charge in [-0.05, 0) is 31.5 Å². The van der Waals surface area contributed by atoms with Gasteiger partial charge in [0.1, 0.15) is 5.82 Å². The zero-order chi connectivity index (χ0) is 13.6. The largest absolute Gasteiger partial charge is 0.329 e. The minimum Gasteiger partial charge on any atom is -0.329 e. The van der Waals surface area contributed by atoms with E-state index >= 15 is 0 Å². The van der Waals surface area contributed by atoms with Crippen LogP contribution in [0.5, 0.6) is 0 Å². The summed E-state index contributed by atoms with van der Waals surface area (Å²) >= 11 is 0. The summed E-state index contributed by atoms with van der Waals surface area (Å²) in [6, 6.07) is 10.6. The van der Waals surface area contributed by atoms with Gasteiger partial charge in [-0.25, -0.2) is 4.98 Å². The Morgan fingerprint density at radius 3 is 2.40 bits per heavy atom. The molecule has 0 radical (unpaired) electrons. The molecule has 1 fully saturated rings. The lowest BCUT2D eigenvalue weighted by Crippen LogP contribution is -2.26. The van der Waals surface area contributed by atoms with Crippen LogP contribution < -0.4 is 0 Å². The summed E-state index contributed by atoms with van der Waals surface area (Å²) in [5, 5.41) is 0. The van der Waals surface area contributed by atoms with Crippen LogP contribution in [0.15, 0.2) is 42.7 Å². The van der Waals surface area contributed by atoms with Gasteiger partial charge in [0.15, 0.2) is 0 Å². The molecule has 20 heavy (non-hydrogen) atoms. The molecule has 1 aromatic carbocycles.